The number of nitrogens with zero attached hydrogens (tertiary/aromatic N) is 2. The van der Waals surface area contributed by atoms with Crippen LogP contribution in [0.15, 0.2) is 72.8 Å². The quantitative estimate of drug-likeness (QED) is 0.591. The van der Waals surface area contributed by atoms with Gasteiger partial charge in [0.05, 0.1) is 19.3 Å². The normalized spacial score (nSPS) is 19.5. The van der Waals surface area contributed by atoms with Crippen LogP contribution in [-0.2, 0) is 16.2 Å². The molecule has 1 saturated heterocycles. The van der Waals surface area contributed by atoms with Crippen molar-refractivity contribution in [1.82, 2.24) is 4.90 Å². The minimum atomic E-state index is -1.08. The Morgan fingerprint density at radius 1 is 1.06 bits per heavy atom. The number of hydrogen-bond donors (Lipinski definition) is 0. The second-order valence-corrected chi connectivity index (χ2v) is 9.36. The lowest BCUT2D eigenvalue weighted by Crippen LogP contribution is -2.50. The van der Waals surface area contributed by atoms with E-state index in [2.05, 4.69) is 0 Å². The summed E-state index contributed by atoms with van der Waals surface area (Å²) in [7, 11) is 1.62. The maximum absolute atomic E-state index is 14.1. The average molecular weight is 445 g/mol. The van der Waals surface area contributed by atoms with Crippen LogP contribution in [0.5, 0.6) is 5.75 Å². The van der Waals surface area contributed by atoms with Gasteiger partial charge in [0.25, 0.3) is 11.8 Å². The summed E-state index contributed by atoms with van der Waals surface area (Å²) >= 11 is 1.53. The molecule has 162 valence electrons. The van der Waals surface area contributed by atoms with Crippen molar-refractivity contribution in [2.24, 2.45) is 0 Å². The van der Waals surface area contributed by atoms with Gasteiger partial charge in [-0.2, -0.15) is 0 Å². The summed E-state index contributed by atoms with van der Waals surface area (Å²) in [5.74, 6) is 1.16. The maximum Gasteiger partial charge on any atom is 0.268 e. The highest BCUT2D eigenvalue weighted by atomic mass is 32.2. The predicted octanol–water partition coefficient (Wildman–Crippen LogP) is 4.59. The van der Waals surface area contributed by atoms with Crippen LogP contribution in [0.4, 0.5) is 5.69 Å². The first-order valence-corrected chi connectivity index (χ1v) is 11.6. The Hall–Kier alpha value is -3.25. The average Bonchev–Trinajstić information content (AvgIpc) is 3.36. The molecule has 3 aromatic carbocycles. The SMILES string of the molecule is COc1ccc2c(c1)[C@@]1(SCCN1C(=O)c1ccc(C)cc1)C(=O)N2Cc1ccccc1. The molecule has 0 N–H and O–H groups in total. The fourth-order valence-corrected chi connectivity index (χ4v) is 5.95. The van der Waals surface area contributed by atoms with Crippen molar-refractivity contribution in [3.8, 4) is 5.75 Å². The summed E-state index contributed by atoms with van der Waals surface area (Å²) in [5, 5.41) is 0. The van der Waals surface area contributed by atoms with Gasteiger partial charge < -0.3 is 14.5 Å². The Morgan fingerprint density at radius 2 is 1.81 bits per heavy atom. The monoisotopic (exact) mass is 444 g/mol. The number of aryl methyl sites for hydroxylation is 1. The third kappa shape index (κ3) is 3.17. The van der Waals surface area contributed by atoms with Crippen molar-refractivity contribution < 1.29 is 14.3 Å². The number of amides is 2. The summed E-state index contributed by atoms with van der Waals surface area (Å²) in [6, 6.07) is 23.2. The second-order valence-electron chi connectivity index (χ2n) is 8.08. The van der Waals surface area contributed by atoms with E-state index in [1.807, 2.05) is 79.7 Å². The lowest BCUT2D eigenvalue weighted by atomic mass is 10.0. The number of fused-ring (bicyclic) bond motifs is 2. The van der Waals surface area contributed by atoms with E-state index in [9.17, 15) is 9.59 Å². The molecule has 1 atom stereocenters. The number of methoxy groups -OCH3 is 1. The topological polar surface area (TPSA) is 49.9 Å². The van der Waals surface area contributed by atoms with Gasteiger partial charge in [0.15, 0.2) is 4.87 Å². The van der Waals surface area contributed by atoms with Crippen molar-refractivity contribution in [1.29, 1.82) is 0 Å². The van der Waals surface area contributed by atoms with Crippen LogP contribution in [0.1, 0.15) is 27.0 Å². The Kier molecular flexibility index (Phi) is 5.18. The van der Waals surface area contributed by atoms with E-state index in [-0.39, 0.29) is 11.8 Å². The molecule has 0 radical (unpaired) electrons. The largest absolute Gasteiger partial charge is 0.497 e. The third-order valence-corrected chi connectivity index (χ3v) is 7.55. The Morgan fingerprint density at radius 3 is 2.53 bits per heavy atom. The van der Waals surface area contributed by atoms with Crippen LogP contribution in [0.25, 0.3) is 0 Å². The van der Waals surface area contributed by atoms with Crippen LogP contribution >= 0.6 is 11.8 Å². The Labute approximate surface area is 192 Å². The van der Waals surface area contributed by atoms with Gasteiger partial charge in [-0.25, -0.2) is 0 Å². The van der Waals surface area contributed by atoms with E-state index in [1.54, 1.807) is 16.9 Å². The molecular formula is C26H24N2O3S. The summed E-state index contributed by atoms with van der Waals surface area (Å²) in [4.78, 5) is 30.1. The van der Waals surface area contributed by atoms with Crippen LogP contribution < -0.4 is 9.64 Å². The summed E-state index contributed by atoms with van der Waals surface area (Å²) in [6.07, 6.45) is 0. The number of thioether (sulfide) groups is 1. The number of rotatable bonds is 4. The number of hydrogen-bond acceptors (Lipinski definition) is 4. The minimum Gasteiger partial charge on any atom is -0.497 e. The zero-order valence-electron chi connectivity index (χ0n) is 18.1. The minimum absolute atomic E-state index is 0.0763. The highest BCUT2D eigenvalue weighted by molar-refractivity contribution is 8.01. The van der Waals surface area contributed by atoms with Crippen LogP contribution in [0.2, 0.25) is 0 Å². The summed E-state index contributed by atoms with van der Waals surface area (Å²) in [5.41, 5.74) is 4.37. The van der Waals surface area contributed by atoms with Crippen molar-refractivity contribution in [3.63, 3.8) is 0 Å². The van der Waals surface area contributed by atoms with Crippen molar-refractivity contribution in [3.05, 3.63) is 95.1 Å². The fourth-order valence-electron chi connectivity index (χ4n) is 4.50. The molecule has 2 aliphatic heterocycles. The summed E-state index contributed by atoms with van der Waals surface area (Å²) < 4.78 is 5.48. The third-order valence-electron chi connectivity index (χ3n) is 6.13. The molecule has 32 heavy (non-hydrogen) atoms. The van der Waals surface area contributed by atoms with Gasteiger partial charge in [-0.15, -0.1) is 11.8 Å². The van der Waals surface area contributed by atoms with Crippen molar-refractivity contribution in [2.45, 2.75) is 18.3 Å². The lowest BCUT2D eigenvalue weighted by molar-refractivity contribution is -0.123. The van der Waals surface area contributed by atoms with E-state index >= 15 is 0 Å². The molecule has 0 bridgehead atoms. The van der Waals surface area contributed by atoms with Gasteiger partial charge >= 0.3 is 0 Å². The number of anilines is 1. The molecular weight excluding hydrogens is 420 g/mol. The van der Waals surface area contributed by atoms with E-state index in [0.29, 0.717) is 30.2 Å². The molecule has 2 heterocycles. The van der Waals surface area contributed by atoms with E-state index in [1.165, 1.54) is 11.8 Å². The number of carbonyl (C=O) groups is 2. The molecule has 1 fully saturated rings. The van der Waals surface area contributed by atoms with Crippen LogP contribution in [0.3, 0.4) is 0 Å². The van der Waals surface area contributed by atoms with E-state index in [4.69, 9.17) is 4.74 Å². The molecule has 0 unspecified atom stereocenters. The highest BCUT2D eigenvalue weighted by Crippen LogP contribution is 2.55. The van der Waals surface area contributed by atoms with Crippen molar-refractivity contribution in [2.75, 3.05) is 24.3 Å². The number of ether oxygens (including phenoxy) is 1. The molecule has 2 amide bonds. The first kappa shape index (κ1) is 20.6. The van der Waals surface area contributed by atoms with Crippen molar-refractivity contribution >= 4 is 29.3 Å². The van der Waals surface area contributed by atoms with Crippen LogP contribution in [-0.4, -0.2) is 36.1 Å². The van der Waals surface area contributed by atoms with Gasteiger partial charge in [-0.05, 0) is 42.8 Å². The molecule has 5 nitrogen and oxygen atoms in total. The Balaban J connectivity index is 1.61. The lowest BCUT2D eigenvalue weighted by Gasteiger charge is -2.33. The smallest absolute Gasteiger partial charge is 0.268 e. The molecule has 6 heteroatoms. The molecule has 5 rings (SSSR count). The summed E-state index contributed by atoms with van der Waals surface area (Å²) in [6.45, 7) is 2.96. The van der Waals surface area contributed by atoms with E-state index in [0.717, 1.165) is 22.4 Å². The first-order chi connectivity index (χ1) is 15.5. The molecule has 2 aliphatic rings. The fraction of sp³-hybridized carbons (Fsp3) is 0.231. The molecule has 0 saturated carbocycles. The maximum atomic E-state index is 14.1. The number of carbonyl (C=O) groups excluding carboxylic acids is 2. The standard InChI is InChI=1S/C26H24N2O3S/c1-18-8-10-20(11-9-18)24(29)28-14-15-32-26(28)22-16-21(31-2)12-13-23(22)27(25(26)30)17-19-6-4-3-5-7-19/h3-13,16H,14-15,17H2,1-2H3/t26-/m1/s1. The van der Waals surface area contributed by atoms with Gasteiger partial charge in [-0.3, -0.25) is 9.59 Å². The predicted molar refractivity (Wildman–Crippen MR) is 127 cm³/mol. The second kappa shape index (κ2) is 8.02. The van der Waals surface area contributed by atoms with Gasteiger partial charge in [0.1, 0.15) is 5.75 Å². The number of benzene rings is 3. The van der Waals surface area contributed by atoms with Crippen LogP contribution in [0, 0.1) is 6.92 Å². The molecule has 3 aromatic rings. The molecule has 1 spiro atoms. The molecule has 0 aliphatic carbocycles. The van der Waals surface area contributed by atoms with Gasteiger partial charge in [0, 0.05) is 23.4 Å². The first-order valence-electron chi connectivity index (χ1n) is 10.6. The molecule has 0 aromatic heterocycles. The zero-order chi connectivity index (χ0) is 22.3. The zero-order valence-corrected chi connectivity index (χ0v) is 18.9. The van der Waals surface area contributed by atoms with E-state index < -0.39 is 4.87 Å². The van der Waals surface area contributed by atoms with Gasteiger partial charge in [-0.1, -0.05) is 48.0 Å². The Bertz CT molecular complexity index is 1180. The van der Waals surface area contributed by atoms with Gasteiger partial charge in [0.2, 0.25) is 0 Å². The highest BCUT2D eigenvalue weighted by Gasteiger charge is 2.59.